The van der Waals surface area contributed by atoms with Gasteiger partial charge in [-0.05, 0) is 12.5 Å². The van der Waals surface area contributed by atoms with Crippen molar-refractivity contribution in [3.05, 3.63) is 17.8 Å². The second-order valence-electron chi connectivity index (χ2n) is 4.24. The van der Waals surface area contributed by atoms with Gasteiger partial charge in [0.25, 0.3) is 0 Å². The average Bonchev–Trinajstić information content (AvgIpc) is 2.68. The van der Waals surface area contributed by atoms with Crippen LogP contribution in [-0.2, 0) is 9.84 Å². The Morgan fingerprint density at radius 1 is 1.56 bits per heavy atom. The summed E-state index contributed by atoms with van der Waals surface area (Å²) < 4.78 is 22.8. The average molecular weight is 271 g/mol. The van der Waals surface area contributed by atoms with Crippen LogP contribution >= 0.6 is 0 Å². The first-order valence-corrected chi connectivity index (χ1v) is 7.21. The molecule has 1 unspecified atom stereocenters. The van der Waals surface area contributed by atoms with Crippen LogP contribution in [0.2, 0.25) is 0 Å². The van der Waals surface area contributed by atoms with E-state index < -0.39 is 15.8 Å². The first-order chi connectivity index (χ1) is 8.41. The molecule has 2 rings (SSSR count). The highest BCUT2D eigenvalue weighted by Crippen LogP contribution is 2.23. The molecule has 8 heteroatoms. The SMILES string of the molecule is CN(c1nnccc1C(=O)O)C1CCS(=O)(=O)C1. The predicted octanol–water partition coefficient (Wildman–Crippen LogP) is -0.202. The van der Waals surface area contributed by atoms with Gasteiger partial charge >= 0.3 is 5.97 Å². The molecule has 1 fully saturated rings. The molecule has 1 aromatic heterocycles. The zero-order valence-electron chi connectivity index (χ0n) is 9.78. The molecule has 18 heavy (non-hydrogen) atoms. The van der Waals surface area contributed by atoms with Crippen LogP contribution in [0, 0.1) is 0 Å². The van der Waals surface area contributed by atoms with Crippen LogP contribution in [0.5, 0.6) is 0 Å². The van der Waals surface area contributed by atoms with Gasteiger partial charge in [0.15, 0.2) is 15.7 Å². The van der Waals surface area contributed by atoms with Gasteiger partial charge in [-0.15, -0.1) is 5.10 Å². The van der Waals surface area contributed by atoms with Crippen LogP contribution < -0.4 is 4.90 Å². The Morgan fingerprint density at radius 2 is 2.28 bits per heavy atom. The minimum absolute atomic E-state index is 0.0248. The normalized spacial score (nSPS) is 21.7. The van der Waals surface area contributed by atoms with E-state index in [0.29, 0.717) is 6.42 Å². The molecule has 1 atom stereocenters. The van der Waals surface area contributed by atoms with E-state index in [9.17, 15) is 13.2 Å². The predicted molar refractivity (Wildman–Crippen MR) is 64.5 cm³/mol. The molecule has 7 nitrogen and oxygen atoms in total. The molecule has 0 saturated carbocycles. The van der Waals surface area contributed by atoms with Crippen molar-refractivity contribution in [2.45, 2.75) is 12.5 Å². The maximum Gasteiger partial charge on any atom is 0.339 e. The molecule has 98 valence electrons. The van der Waals surface area contributed by atoms with Crippen molar-refractivity contribution >= 4 is 21.6 Å². The number of sulfone groups is 1. The van der Waals surface area contributed by atoms with E-state index >= 15 is 0 Å². The van der Waals surface area contributed by atoms with Gasteiger partial charge in [-0.25, -0.2) is 13.2 Å². The lowest BCUT2D eigenvalue weighted by Gasteiger charge is -2.24. The van der Waals surface area contributed by atoms with Crippen LogP contribution in [0.3, 0.4) is 0 Å². The van der Waals surface area contributed by atoms with Crippen molar-refractivity contribution in [3.8, 4) is 0 Å². The minimum atomic E-state index is -3.02. The number of aromatic carboxylic acids is 1. The van der Waals surface area contributed by atoms with Gasteiger partial charge in [0.2, 0.25) is 0 Å². The molecule has 0 amide bonds. The Balaban J connectivity index is 2.30. The zero-order chi connectivity index (χ0) is 13.3. The van der Waals surface area contributed by atoms with E-state index in [2.05, 4.69) is 10.2 Å². The van der Waals surface area contributed by atoms with Gasteiger partial charge < -0.3 is 10.0 Å². The first kappa shape index (κ1) is 12.7. The van der Waals surface area contributed by atoms with Crippen LogP contribution in [0.1, 0.15) is 16.8 Å². The van der Waals surface area contributed by atoms with Gasteiger partial charge in [0.1, 0.15) is 5.56 Å². The Bertz CT molecular complexity index is 572. The second kappa shape index (κ2) is 4.52. The third-order valence-corrected chi connectivity index (χ3v) is 4.77. The summed E-state index contributed by atoms with van der Waals surface area (Å²) in [5.74, 6) is -0.746. The second-order valence-corrected chi connectivity index (χ2v) is 6.47. The van der Waals surface area contributed by atoms with Crippen molar-refractivity contribution in [2.24, 2.45) is 0 Å². The molecule has 1 aliphatic heterocycles. The topological polar surface area (TPSA) is 100 Å². The molecule has 0 spiro atoms. The molecule has 1 saturated heterocycles. The number of aromatic nitrogens is 2. The molecule has 1 N–H and O–H groups in total. The fourth-order valence-electron chi connectivity index (χ4n) is 2.01. The maximum absolute atomic E-state index is 11.4. The number of rotatable bonds is 3. The molecule has 0 aromatic carbocycles. The molecule has 0 radical (unpaired) electrons. The smallest absolute Gasteiger partial charge is 0.339 e. The Kier molecular flexibility index (Phi) is 3.20. The fourth-order valence-corrected chi connectivity index (χ4v) is 3.78. The van der Waals surface area contributed by atoms with Crippen LogP contribution in [0.4, 0.5) is 5.82 Å². The number of carbonyl (C=O) groups is 1. The van der Waals surface area contributed by atoms with Crippen molar-refractivity contribution in [1.29, 1.82) is 0 Å². The Morgan fingerprint density at radius 3 is 2.83 bits per heavy atom. The summed E-state index contributed by atoms with van der Waals surface area (Å²) in [4.78, 5) is 12.6. The number of hydrogen-bond donors (Lipinski definition) is 1. The number of hydrogen-bond acceptors (Lipinski definition) is 6. The quantitative estimate of drug-likeness (QED) is 0.812. The summed E-state index contributed by atoms with van der Waals surface area (Å²) in [6.45, 7) is 0. The molecule has 0 bridgehead atoms. The molecular weight excluding hydrogens is 258 g/mol. The third-order valence-electron chi connectivity index (χ3n) is 3.02. The molecule has 0 aliphatic carbocycles. The number of nitrogens with zero attached hydrogens (tertiary/aromatic N) is 3. The molecular formula is C10H13N3O4S. The summed E-state index contributed by atoms with van der Waals surface area (Å²) in [6, 6.07) is 1.11. The highest BCUT2D eigenvalue weighted by molar-refractivity contribution is 7.91. The van der Waals surface area contributed by atoms with E-state index in [-0.39, 0.29) is 28.9 Å². The lowest BCUT2D eigenvalue weighted by atomic mass is 10.2. The van der Waals surface area contributed by atoms with Gasteiger partial charge in [0, 0.05) is 13.1 Å². The lowest BCUT2D eigenvalue weighted by molar-refractivity contribution is 0.0697. The minimum Gasteiger partial charge on any atom is -0.478 e. The maximum atomic E-state index is 11.4. The van der Waals surface area contributed by atoms with Gasteiger partial charge in [-0.2, -0.15) is 5.10 Å². The summed E-state index contributed by atoms with van der Waals surface area (Å²) in [6.07, 6.45) is 1.78. The van der Waals surface area contributed by atoms with E-state index in [1.54, 1.807) is 11.9 Å². The van der Waals surface area contributed by atoms with Crippen molar-refractivity contribution < 1.29 is 18.3 Å². The fraction of sp³-hybridized carbons (Fsp3) is 0.500. The van der Waals surface area contributed by atoms with Crippen LogP contribution in [-0.4, -0.2) is 54.3 Å². The van der Waals surface area contributed by atoms with E-state index in [4.69, 9.17) is 5.11 Å². The molecule has 1 aliphatic rings. The van der Waals surface area contributed by atoms with Gasteiger partial charge in [-0.1, -0.05) is 0 Å². The highest BCUT2D eigenvalue weighted by atomic mass is 32.2. The van der Waals surface area contributed by atoms with Gasteiger partial charge in [0.05, 0.1) is 17.7 Å². The third kappa shape index (κ3) is 2.42. The molecule has 1 aromatic rings. The van der Waals surface area contributed by atoms with E-state index in [1.165, 1.54) is 12.3 Å². The Labute approximate surface area is 104 Å². The van der Waals surface area contributed by atoms with Crippen LogP contribution in [0.15, 0.2) is 12.3 Å². The standard InChI is InChI=1S/C10H13N3O4S/c1-13(7-3-5-18(16,17)6-7)9-8(10(14)15)2-4-11-12-9/h2,4,7H,3,5-6H2,1H3,(H,14,15). The summed E-state index contributed by atoms with van der Waals surface area (Å²) >= 11 is 0. The number of anilines is 1. The van der Waals surface area contributed by atoms with Gasteiger partial charge in [-0.3, -0.25) is 0 Å². The number of carboxylic acids is 1. The summed E-state index contributed by atoms with van der Waals surface area (Å²) in [5, 5.41) is 16.5. The monoisotopic (exact) mass is 271 g/mol. The first-order valence-electron chi connectivity index (χ1n) is 5.39. The van der Waals surface area contributed by atoms with Crippen molar-refractivity contribution in [3.63, 3.8) is 0 Å². The highest BCUT2D eigenvalue weighted by Gasteiger charge is 2.32. The Hall–Kier alpha value is -1.70. The zero-order valence-corrected chi connectivity index (χ0v) is 10.6. The number of carboxylic acid groups (broad SMARTS) is 1. The van der Waals surface area contributed by atoms with Crippen molar-refractivity contribution in [1.82, 2.24) is 10.2 Å². The van der Waals surface area contributed by atoms with E-state index in [0.717, 1.165) is 0 Å². The molecule has 2 heterocycles. The van der Waals surface area contributed by atoms with Crippen LogP contribution in [0.25, 0.3) is 0 Å². The summed E-state index contributed by atoms with van der Waals surface area (Å²) in [5.41, 5.74) is 0.0248. The van der Waals surface area contributed by atoms with E-state index in [1.807, 2.05) is 0 Å². The summed E-state index contributed by atoms with van der Waals surface area (Å²) in [7, 11) is -1.38. The largest absolute Gasteiger partial charge is 0.478 e. The lowest BCUT2D eigenvalue weighted by Crippen LogP contribution is -2.34. The van der Waals surface area contributed by atoms with Crippen molar-refractivity contribution in [2.75, 3.05) is 23.5 Å².